The van der Waals surface area contributed by atoms with Crippen LogP contribution in [0.4, 0.5) is 8.78 Å². The Morgan fingerprint density at radius 3 is 2.17 bits per heavy atom. The van der Waals surface area contributed by atoms with E-state index in [-0.39, 0.29) is 18.3 Å². The summed E-state index contributed by atoms with van der Waals surface area (Å²) >= 11 is 0. The van der Waals surface area contributed by atoms with E-state index in [0.717, 1.165) is 5.56 Å². The predicted molar refractivity (Wildman–Crippen MR) is 70.1 cm³/mol. The molecule has 1 aromatic carbocycles. The molecular formula is C15H21F2N. The summed E-state index contributed by atoms with van der Waals surface area (Å²) in [4.78, 5) is 0. The van der Waals surface area contributed by atoms with Crippen LogP contribution in [0.25, 0.3) is 0 Å². The average Bonchev–Trinajstić information content (AvgIpc) is 2.34. The zero-order valence-corrected chi connectivity index (χ0v) is 11.1. The number of nitrogens with two attached hydrogens (primary N) is 1. The van der Waals surface area contributed by atoms with Crippen LogP contribution in [0.1, 0.15) is 42.4 Å². The van der Waals surface area contributed by atoms with Crippen LogP contribution in [0, 0.1) is 13.8 Å². The minimum absolute atomic E-state index is 0.0445. The summed E-state index contributed by atoms with van der Waals surface area (Å²) in [6, 6.07) is 6.24. The van der Waals surface area contributed by atoms with Crippen LogP contribution in [0.15, 0.2) is 18.2 Å². The van der Waals surface area contributed by atoms with E-state index in [2.05, 4.69) is 32.0 Å². The molecule has 2 N–H and O–H groups in total. The van der Waals surface area contributed by atoms with Crippen LogP contribution in [0.2, 0.25) is 0 Å². The van der Waals surface area contributed by atoms with E-state index in [1.165, 1.54) is 11.1 Å². The van der Waals surface area contributed by atoms with Gasteiger partial charge in [-0.1, -0.05) is 18.2 Å². The molecule has 2 rings (SSSR count). The van der Waals surface area contributed by atoms with Crippen LogP contribution >= 0.6 is 0 Å². The largest absolute Gasteiger partial charge is 0.330 e. The minimum atomic E-state index is -2.50. The van der Waals surface area contributed by atoms with Crippen molar-refractivity contribution in [2.45, 2.75) is 50.9 Å². The molecule has 0 bridgehead atoms. The van der Waals surface area contributed by atoms with Gasteiger partial charge in [-0.3, -0.25) is 0 Å². The first-order chi connectivity index (χ1) is 8.38. The van der Waals surface area contributed by atoms with E-state index in [4.69, 9.17) is 5.73 Å². The highest BCUT2D eigenvalue weighted by Crippen LogP contribution is 2.45. The van der Waals surface area contributed by atoms with Gasteiger partial charge in [0, 0.05) is 24.8 Å². The van der Waals surface area contributed by atoms with Crippen LogP contribution < -0.4 is 5.73 Å². The minimum Gasteiger partial charge on any atom is -0.330 e. The lowest BCUT2D eigenvalue weighted by atomic mass is 9.68. The van der Waals surface area contributed by atoms with Gasteiger partial charge in [0.2, 0.25) is 5.92 Å². The van der Waals surface area contributed by atoms with E-state index in [0.29, 0.717) is 19.4 Å². The highest BCUT2D eigenvalue weighted by molar-refractivity contribution is 5.35. The lowest BCUT2D eigenvalue weighted by Gasteiger charge is -2.40. The third-order valence-corrected chi connectivity index (χ3v) is 4.45. The van der Waals surface area contributed by atoms with E-state index in [9.17, 15) is 8.78 Å². The fourth-order valence-corrected chi connectivity index (χ4v) is 2.78. The zero-order chi connectivity index (χ0) is 13.4. The molecule has 0 atom stereocenters. The zero-order valence-electron chi connectivity index (χ0n) is 11.1. The van der Waals surface area contributed by atoms with Gasteiger partial charge in [-0.05, 0) is 43.4 Å². The van der Waals surface area contributed by atoms with Gasteiger partial charge in [0.1, 0.15) is 0 Å². The van der Waals surface area contributed by atoms with Crippen molar-refractivity contribution in [3.05, 3.63) is 34.9 Å². The number of hydrogen-bond acceptors (Lipinski definition) is 1. The maximum absolute atomic E-state index is 13.3. The van der Waals surface area contributed by atoms with Crippen molar-refractivity contribution < 1.29 is 8.78 Å². The number of rotatable bonds is 2. The summed E-state index contributed by atoms with van der Waals surface area (Å²) in [5, 5.41) is 0. The van der Waals surface area contributed by atoms with Crippen LogP contribution in [-0.4, -0.2) is 12.5 Å². The van der Waals surface area contributed by atoms with Gasteiger partial charge in [-0.2, -0.15) is 0 Å². The molecule has 18 heavy (non-hydrogen) atoms. The Bertz CT molecular complexity index is 430. The van der Waals surface area contributed by atoms with Gasteiger partial charge < -0.3 is 5.73 Å². The van der Waals surface area contributed by atoms with Gasteiger partial charge in [-0.15, -0.1) is 0 Å². The number of alkyl halides is 2. The molecule has 1 fully saturated rings. The van der Waals surface area contributed by atoms with Crippen LogP contribution in [-0.2, 0) is 5.41 Å². The van der Waals surface area contributed by atoms with Gasteiger partial charge >= 0.3 is 0 Å². The maximum atomic E-state index is 13.3. The maximum Gasteiger partial charge on any atom is 0.248 e. The molecule has 0 aliphatic heterocycles. The smallest absolute Gasteiger partial charge is 0.248 e. The first-order valence-corrected chi connectivity index (χ1v) is 6.54. The Morgan fingerprint density at radius 1 is 1.06 bits per heavy atom. The van der Waals surface area contributed by atoms with Crippen molar-refractivity contribution in [2.75, 3.05) is 6.54 Å². The van der Waals surface area contributed by atoms with E-state index in [1.807, 2.05) is 0 Å². The van der Waals surface area contributed by atoms with E-state index < -0.39 is 5.92 Å². The Labute approximate surface area is 107 Å². The Kier molecular flexibility index (Phi) is 3.45. The number of benzene rings is 1. The number of hydrogen-bond donors (Lipinski definition) is 1. The number of aryl methyl sites for hydroxylation is 2. The third kappa shape index (κ3) is 2.41. The normalized spacial score (nSPS) is 21.8. The molecule has 0 radical (unpaired) electrons. The molecule has 0 amide bonds. The van der Waals surface area contributed by atoms with Crippen LogP contribution in [0.5, 0.6) is 0 Å². The quantitative estimate of drug-likeness (QED) is 0.854. The summed E-state index contributed by atoms with van der Waals surface area (Å²) in [6.07, 6.45) is 0.881. The summed E-state index contributed by atoms with van der Waals surface area (Å²) in [6.45, 7) is 4.56. The molecule has 1 saturated carbocycles. The molecule has 0 aromatic heterocycles. The van der Waals surface area contributed by atoms with Gasteiger partial charge in [0.25, 0.3) is 0 Å². The second-order valence-corrected chi connectivity index (χ2v) is 5.64. The first kappa shape index (κ1) is 13.5. The molecule has 1 nitrogen and oxygen atoms in total. The van der Waals surface area contributed by atoms with Crippen molar-refractivity contribution >= 4 is 0 Å². The molecule has 1 aliphatic rings. The van der Waals surface area contributed by atoms with Crippen molar-refractivity contribution in [1.29, 1.82) is 0 Å². The molecule has 0 spiro atoms. The molecule has 1 aromatic rings. The van der Waals surface area contributed by atoms with Crippen molar-refractivity contribution in [1.82, 2.24) is 0 Å². The first-order valence-electron chi connectivity index (χ1n) is 6.54. The highest BCUT2D eigenvalue weighted by atomic mass is 19.3. The topological polar surface area (TPSA) is 26.0 Å². The monoisotopic (exact) mass is 253 g/mol. The van der Waals surface area contributed by atoms with Gasteiger partial charge in [0.05, 0.1) is 0 Å². The second-order valence-electron chi connectivity index (χ2n) is 5.64. The predicted octanol–water partition coefficient (Wildman–Crippen LogP) is 3.71. The van der Waals surface area contributed by atoms with E-state index in [1.54, 1.807) is 0 Å². The lowest BCUT2D eigenvalue weighted by Crippen LogP contribution is -2.42. The Hall–Kier alpha value is -0.960. The van der Waals surface area contributed by atoms with Crippen molar-refractivity contribution in [2.24, 2.45) is 5.73 Å². The summed E-state index contributed by atoms with van der Waals surface area (Å²) in [5.41, 5.74) is 9.22. The Balaban J connectivity index is 2.30. The lowest BCUT2D eigenvalue weighted by molar-refractivity contribution is -0.0509. The van der Waals surface area contributed by atoms with E-state index >= 15 is 0 Å². The standard InChI is InChI=1S/C15H21F2N/c1-11-3-4-13(9-12(11)2)14(10-18)5-7-15(16,17)8-6-14/h3-4,9H,5-8,10,18H2,1-2H3. The third-order valence-electron chi connectivity index (χ3n) is 4.45. The SMILES string of the molecule is Cc1ccc(C2(CN)CCC(F)(F)CC2)cc1C. The highest BCUT2D eigenvalue weighted by Gasteiger charge is 2.43. The molecule has 0 heterocycles. The molecular weight excluding hydrogens is 232 g/mol. The molecule has 0 saturated heterocycles. The summed E-state index contributed by atoms with van der Waals surface area (Å²) in [7, 11) is 0. The second kappa shape index (κ2) is 4.61. The van der Waals surface area contributed by atoms with Crippen molar-refractivity contribution in [3.8, 4) is 0 Å². The molecule has 3 heteroatoms. The fourth-order valence-electron chi connectivity index (χ4n) is 2.78. The fraction of sp³-hybridized carbons (Fsp3) is 0.600. The number of halogens is 2. The van der Waals surface area contributed by atoms with Crippen LogP contribution in [0.3, 0.4) is 0 Å². The average molecular weight is 253 g/mol. The summed E-state index contributed by atoms with van der Waals surface area (Å²) < 4.78 is 26.6. The molecule has 1 aliphatic carbocycles. The molecule has 0 unspecified atom stereocenters. The summed E-state index contributed by atoms with van der Waals surface area (Å²) in [5.74, 6) is -2.50. The van der Waals surface area contributed by atoms with Gasteiger partial charge in [-0.25, -0.2) is 8.78 Å². The molecule has 100 valence electrons. The Morgan fingerprint density at radius 2 is 1.67 bits per heavy atom. The van der Waals surface area contributed by atoms with Crippen molar-refractivity contribution in [3.63, 3.8) is 0 Å². The van der Waals surface area contributed by atoms with Gasteiger partial charge in [0.15, 0.2) is 0 Å².